The molecule has 0 saturated carbocycles. The molecule has 1 aromatic carbocycles. The second-order valence-corrected chi connectivity index (χ2v) is 8.51. The first-order valence-corrected chi connectivity index (χ1v) is 10.5. The van der Waals surface area contributed by atoms with Crippen molar-refractivity contribution in [1.82, 2.24) is 14.3 Å². The van der Waals surface area contributed by atoms with Crippen molar-refractivity contribution in [3.8, 4) is 17.4 Å². The van der Waals surface area contributed by atoms with Gasteiger partial charge in [0, 0.05) is 31.3 Å². The Morgan fingerprint density at radius 3 is 2.61 bits per heavy atom. The Morgan fingerprint density at radius 1 is 1.11 bits per heavy atom. The zero-order valence-corrected chi connectivity index (χ0v) is 16.3. The van der Waals surface area contributed by atoms with Gasteiger partial charge in [-0.2, -0.15) is 4.31 Å². The van der Waals surface area contributed by atoms with Gasteiger partial charge >= 0.3 is 0 Å². The van der Waals surface area contributed by atoms with Crippen LogP contribution in [0.2, 0.25) is 0 Å². The van der Waals surface area contributed by atoms with Crippen molar-refractivity contribution in [1.29, 1.82) is 0 Å². The number of anilines is 1. The molecule has 1 fully saturated rings. The molecule has 0 aliphatic carbocycles. The summed E-state index contributed by atoms with van der Waals surface area (Å²) >= 11 is 0. The highest BCUT2D eigenvalue weighted by molar-refractivity contribution is 7.89. The van der Waals surface area contributed by atoms with Gasteiger partial charge in [0.2, 0.25) is 15.9 Å². The molecule has 28 heavy (non-hydrogen) atoms. The van der Waals surface area contributed by atoms with Crippen LogP contribution in [0.25, 0.3) is 0 Å². The van der Waals surface area contributed by atoms with E-state index in [1.807, 2.05) is 0 Å². The average Bonchev–Trinajstić information content (AvgIpc) is 2.74. The first-order chi connectivity index (χ1) is 13.6. The zero-order valence-electron chi connectivity index (χ0n) is 15.5. The number of sulfonamides is 1. The van der Waals surface area contributed by atoms with Crippen LogP contribution < -0.4 is 19.5 Å². The Balaban J connectivity index is 1.41. The van der Waals surface area contributed by atoms with Gasteiger partial charge in [-0.25, -0.2) is 18.4 Å². The van der Waals surface area contributed by atoms with Crippen molar-refractivity contribution in [2.24, 2.45) is 0 Å². The normalized spacial score (nSPS) is 17.9. The fraction of sp³-hybridized carbons (Fsp3) is 0.444. The van der Waals surface area contributed by atoms with Crippen LogP contribution in [0.4, 0.5) is 5.82 Å². The van der Waals surface area contributed by atoms with Crippen LogP contribution in [0.3, 0.4) is 0 Å². The van der Waals surface area contributed by atoms with E-state index >= 15 is 0 Å². The summed E-state index contributed by atoms with van der Waals surface area (Å²) in [6, 6.07) is 6.62. The van der Waals surface area contributed by atoms with E-state index in [0.717, 1.165) is 0 Å². The molecule has 0 bridgehead atoms. The molecule has 0 spiro atoms. The van der Waals surface area contributed by atoms with Crippen LogP contribution >= 0.6 is 0 Å². The second kappa shape index (κ2) is 7.80. The van der Waals surface area contributed by atoms with Gasteiger partial charge in [0.05, 0.1) is 12.0 Å². The van der Waals surface area contributed by atoms with Gasteiger partial charge in [0.25, 0.3) is 0 Å². The molecule has 0 atom stereocenters. The fourth-order valence-electron chi connectivity index (χ4n) is 3.31. The number of hydrogen-bond donors (Lipinski definition) is 1. The third kappa shape index (κ3) is 3.83. The summed E-state index contributed by atoms with van der Waals surface area (Å²) in [5.74, 6) is 2.20. The lowest BCUT2D eigenvalue weighted by Gasteiger charge is -2.32. The summed E-state index contributed by atoms with van der Waals surface area (Å²) in [4.78, 5) is 8.38. The van der Waals surface area contributed by atoms with Crippen molar-refractivity contribution in [2.75, 3.05) is 38.7 Å². The molecule has 4 rings (SSSR count). The zero-order chi connectivity index (χ0) is 19.6. The van der Waals surface area contributed by atoms with Crippen molar-refractivity contribution in [3.63, 3.8) is 0 Å². The van der Waals surface area contributed by atoms with Gasteiger partial charge in [0.15, 0.2) is 11.5 Å². The molecule has 1 N–H and O–H groups in total. The smallest absolute Gasteiger partial charge is 0.243 e. The predicted molar refractivity (Wildman–Crippen MR) is 101 cm³/mol. The van der Waals surface area contributed by atoms with E-state index in [0.29, 0.717) is 62.3 Å². The summed E-state index contributed by atoms with van der Waals surface area (Å²) in [7, 11) is -2.03. The lowest BCUT2D eigenvalue weighted by Crippen LogP contribution is -2.42. The molecule has 0 amide bonds. The highest BCUT2D eigenvalue weighted by Crippen LogP contribution is 2.33. The molecule has 0 radical (unpaired) electrons. The topological polar surface area (TPSA) is 103 Å². The number of benzene rings is 1. The van der Waals surface area contributed by atoms with Gasteiger partial charge in [0.1, 0.15) is 25.4 Å². The van der Waals surface area contributed by atoms with Crippen LogP contribution in [-0.2, 0) is 10.0 Å². The predicted octanol–water partition coefficient (Wildman–Crippen LogP) is 1.52. The highest BCUT2D eigenvalue weighted by atomic mass is 32.2. The maximum absolute atomic E-state index is 13.0. The van der Waals surface area contributed by atoms with Crippen LogP contribution in [0.15, 0.2) is 35.5 Å². The molecule has 2 aliphatic heterocycles. The van der Waals surface area contributed by atoms with Crippen molar-refractivity contribution in [3.05, 3.63) is 30.6 Å². The van der Waals surface area contributed by atoms with E-state index in [-0.39, 0.29) is 10.9 Å². The van der Waals surface area contributed by atoms with Crippen LogP contribution in [0.1, 0.15) is 12.8 Å². The maximum atomic E-state index is 13.0. The van der Waals surface area contributed by atoms with Gasteiger partial charge in [-0.3, -0.25) is 0 Å². The highest BCUT2D eigenvalue weighted by Gasteiger charge is 2.30. The number of fused-ring (bicyclic) bond motifs is 1. The molecule has 0 unspecified atom stereocenters. The molecule has 9 nitrogen and oxygen atoms in total. The minimum absolute atomic E-state index is 0.131. The standard InChI is InChI=1S/C18H22N4O5S/c1-25-18-11-17(19-12-20-18)21-13-4-6-22(7-5-13)28(23,24)14-2-3-15-16(10-14)27-9-8-26-15/h2-3,10-13H,4-9H2,1H3,(H,19,20,21). The third-order valence-electron chi connectivity index (χ3n) is 4.81. The van der Waals surface area contributed by atoms with Gasteiger partial charge in [-0.15, -0.1) is 0 Å². The number of aromatic nitrogens is 2. The molecule has 2 aliphatic rings. The van der Waals surface area contributed by atoms with E-state index in [2.05, 4.69) is 15.3 Å². The number of nitrogens with one attached hydrogen (secondary N) is 1. The lowest BCUT2D eigenvalue weighted by atomic mass is 10.1. The molecule has 1 saturated heterocycles. The Bertz CT molecular complexity index is 945. The molecule has 10 heteroatoms. The summed E-state index contributed by atoms with van der Waals surface area (Å²) < 4.78 is 43.6. The van der Waals surface area contributed by atoms with Crippen LogP contribution in [0.5, 0.6) is 17.4 Å². The Labute approximate surface area is 163 Å². The maximum Gasteiger partial charge on any atom is 0.243 e. The monoisotopic (exact) mass is 406 g/mol. The number of piperidine rings is 1. The first kappa shape index (κ1) is 18.8. The molecule has 3 heterocycles. The van der Waals surface area contributed by atoms with Crippen molar-refractivity contribution in [2.45, 2.75) is 23.8 Å². The molecular weight excluding hydrogens is 384 g/mol. The van der Waals surface area contributed by atoms with E-state index in [9.17, 15) is 8.42 Å². The molecule has 2 aromatic rings. The summed E-state index contributed by atoms with van der Waals surface area (Å²) in [5, 5.41) is 3.32. The number of rotatable bonds is 5. The van der Waals surface area contributed by atoms with Crippen LogP contribution in [0, 0.1) is 0 Å². The number of methoxy groups -OCH3 is 1. The number of ether oxygens (including phenoxy) is 3. The summed E-state index contributed by atoms with van der Waals surface area (Å²) in [5.41, 5.74) is 0. The van der Waals surface area contributed by atoms with Gasteiger partial charge in [-0.1, -0.05) is 0 Å². The summed E-state index contributed by atoms with van der Waals surface area (Å²) in [6.45, 7) is 1.74. The van der Waals surface area contributed by atoms with E-state index in [1.54, 1.807) is 31.4 Å². The quantitative estimate of drug-likeness (QED) is 0.797. The minimum atomic E-state index is -3.58. The lowest BCUT2D eigenvalue weighted by molar-refractivity contribution is 0.171. The van der Waals surface area contributed by atoms with E-state index < -0.39 is 10.0 Å². The largest absolute Gasteiger partial charge is 0.486 e. The molecule has 1 aromatic heterocycles. The van der Waals surface area contributed by atoms with E-state index in [4.69, 9.17) is 14.2 Å². The Hall–Kier alpha value is -2.59. The third-order valence-corrected chi connectivity index (χ3v) is 6.70. The van der Waals surface area contributed by atoms with E-state index in [1.165, 1.54) is 10.6 Å². The first-order valence-electron chi connectivity index (χ1n) is 9.08. The number of hydrogen-bond acceptors (Lipinski definition) is 8. The Kier molecular flexibility index (Phi) is 5.23. The Morgan fingerprint density at radius 2 is 1.86 bits per heavy atom. The van der Waals surface area contributed by atoms with Gasteiger partial charge in [-0.05, 0) is 25.0 Å². The number of nitrogens with zero attached hydrogens (tertiary/aromatic N) is 3. The second-order valence-electron chi connectivity index (χ2n) is 6.57. The molecular formula is C18H22N4O5S. The van der Waals surface area contributed by atoms with Crippen molar-refractivity contribution < 1.29 is 22.6 Å². The van der Waals surface area contributed by atoms with Crippen molar-refractivity contribution >= 4 is 15.8 Å². The van der Waals surface area contributed by atoms with Gasteiger partial charge < -0.3 is 19.5 Å². The van der Waals surface area contributed by atoms with Crippen LogP contribution in [-0.4, -0.2) is 62.1 Å². The SMILES string of the molecule is COc1cc(NC2CCN(S(=O)(=O)c3ccc4c(c3)OCCO4)CC2)ncn1. The minimum Gasteiger partial charge on any atom is -0.486 e. The molecule has 150 valence electrons. The summed E-state index contributed by atoms with van der Waals surface area (Å²) in [6.07, 6.45) is 2.79. The fourth-order valence-corrected chi connectivity index (χ4v) is 4.80. The average molecular weight is 406 g/mol.